The van der Waals surface area contributed by atoms with Crippen molar-refractivity contribution in [3.63, 3.8) is 0 Å². The fourth-order valence-corrected chi connectivity index (χ4v) is 2.87. The van der Waals surface area contributed by atoms with Crippen LogP contribution in [0.25, 0.3) is 17.0 Å². The molecule has 13 heteroatoms. The number of anilines is 1. The van der Waals surface area contributed by atoms with Gasteiger partial charge in [0.15, 0.2) is 11.6 Å². The maximum absolute atomic E-state index is 13.5. The van der Waals surface area contributed by atoms with Crippen LogP contribution < -0.4 is 11.1 Å². The second-order valence-corrected chi connectivity index (χ2v) is 7.12. The molecule has 36 heavy (non-hydrogen) atoms. The Labute approximate surface area is 201 Å². The van der Waals surface area contributed by atoms with E-state index in [-0.39, 0.29) is 22.9 Å². The zero-order chi connectivity index (χ0) is 25.5. The molecule has 0 fully saturated rings. The van der Waals surface area contributed by atoms with E-state index < -0.39 is 17.8 Å². The van der Waals surface area contributed by atoms with Crippen LogP contribution in [-0.4, -0.2) is 47.9 Å². The molecule has 180 valence electrons. The third kappa shape index (κ3) is 6.08. The number of aromatic nitrogens is 6. The van der Waals surface area contributed by atoms with E-state index in [0.717, 1.165) is 0 Å². The van der Waals surface area contributed by atoms with Crippen LogP contribution in [-0.2, 0) is 0 Å². The Bertz CT molecular complexity index is 1410. The summed E-state index contributed by atoms with van der Waals surface area (Å²) >= 11 is 0. The number of nitrogens with two attached hydrogens (primary N) is 1. The average Bonchev–Trinajstić information content (AvgIpc) is 2.90. The van der Waals surface area contributed by atoms with Gasteiger partial charge in [0.05, 0.1) is 5.69 Å². The lowest BCUT2D eigenvalue weighted by Crippen LogP contribution is -2.22. The van der Waals surface area contributed by atoms with Gasteiger partial charge in [0.1, 0.15) is 12.0 Å². The number of halogens is 3. The molecule has 0 radical (unpaired) electrons. The van der Waals surface area contributed by atoms with Crippen LogP contribution in [0.4, 0.5) is 24.8 Å². The van der Waals surface area contributed by atoms with Gasteiger partial charge in [-0.1, -0.05) is 0 Å². The molecule has 0 saturated heterocycles. The fourth-order valence-electron chi connectivity index (χ4n) is 2.87. The highest BCUT2D eigenvalue weighted by Crippen LogP contribution is 2.23. The van der Waals surface area contributed by atoms with Gasteiger partial charge in [-0.3, -0.25) is 14.8 Å². The predicted molar refractivity (Wildman–Crippen MR) is 125 cm³/mol. The minimum atomic E-state index is -4.80. The van der Waals surface area contributed by atoms with Crippen LogP contribution in [0.3, 0.4) is 0 Å². The lowest BCUT2D eigenvalue weighted by molar-refractivity contribution is -0.0576. The molecule has 0 atom stereocenters. The molecule has 0 bridgehead atoms. The molecule has 0 spiro atoms. The molecular weight excluding hydrogens is 475 g/mol. The number of hydrogen-bond donors (Lipinski definition) is 2. The number of rotatable bonds is 6. The van der Waals surface area contributed by atoms with E-state index in [1.54, 1.807) is 18.5 Å². The molecule has 3 N–H and O–H groups in total. The smallest absolute Gasteiger partial charge is 0.398 e. The van der Waals surface area contributed by atoms with Crippen molar-refractivity contribution in [3.8, 4) is 11.3 Å². The zero-order valence-corrected chi connectivity index (χ0v) is 18.3. The Morgan fingerprint density at radius 2 is 1.78 bits per heavy atom. The van der Waals surface area contributed by atoms with Gasteiger partial charge in [0, 0.05) is 53.4 Å². The van der Waals surface area contributed by atoms with Gasteiger partial charge < -0.3 is 11.1 Å². The van der Waals surface area contributed by atoms with Crippen molar-refractivity contribution in [1.29, 1.82) is 0 Å². The lowest BCUT2D eigenvalue weighted by Gasteiger charge is -2.09. The number of carbonyl (C=O) groups is 1. The first-order chi connectivity index (χ1) is 17.3. The van der Waals surface area contributed by atoms with Crippen molar-refractivity contribution in [3.05, 3.63) is 90.9 Å². The monoisotopic (exact) mass is 491 g/mol. The Kier molecular flexibility index (Phi) is 6.99. The second kappa shape index (κ2) is 10.5. The Hall–Kier alpha value is -5.07. The SMILES string of the molecule is NC(=CC(=Nc1ccc(NC(=O)c2ccnc(-c3cncnc3)c2)nn1)C(F)(F)F)c1cccnc1. The third-order valence-electron chi connectivity index (χ3n) is 4.58. The summed E-state index contributed by atoms with van der Waals surface area (Å²) in [6.45, 7) is 0. The quantitative estimate of drug-likeness (QED) is 0.389. The first-order valence-electron chi connectivity index (χ1n) is 10.2. The molecule has 10 nitrogen and oxygen atoms in total. The number of amides is 1. The maximum atomic E-state index is 13.5. The molecule has 0 aliphatic heterocycles. The summed E-state index contributed by atoms with van der Waals surface area (Å²) in [5.74, 6) is -0.839. The molecular formula is C23H16F3N9O. The number of nitrogens with one attached hydrogen (secondary N) is 1. The van der Waals surface area contributed by atoms with Crippen LogP contribution in [0.2, 0.25) is 0 Å². The average molecular weight is 491 g/mol. The molecule has 4 heterocycles. The van der Waals surface area contributed by atoms with Crippen molar-refractivity contribution in [2.45, 2.75) is 6.18 Å². The minimum absolute atomic E-state index is 0.0133. The van der Waals surface area contributed by atoms with E-state index in [9.17, 15) is 18.0 Å². The molecule has 4 aromatic rings. The zero-order valence-electron chi connectivity index (χ0n) is 18.3. The van der Waals surface area contributed by atoms with E-state index in [2.05, 4.69) is 40.4 Å². The molecule has 4 rings (SSSR count). The van der Waals surface area contributed by atoms with E-state index in [4.69, 9.17) is 5.73 Å². The third-order valence-corrected chi connectivity index (χ3v) is 4.58. The van der Waals surface area contributed by atoms with Crippen LogP contribution in [0, 0.1) is 0 Å². The normalized spacial score (nSPS) is 12.3. The summed E-state index contributed by atoms with van der Waals surface area (Å²) < 4.78 is 40.5. The summed E-state index contributed by atoms with van der Waals surface area (Å²) in [7, 11) is 0. The van der Waals surface area contributed by atoms with Crippen molar-refractivity contribution in [2.75, 3.05) is 5.32 Å². The number of aliphatic imine (C=N–C) groups is 1. The molecule has 0 saturated carbocycles. The van der Waals surface area contributed by atoms with Gasteiger partial charge in [0.2, 0.25) is 0 Å². The van der Waals surface area contributed by atoms with Gasteiger partial charge >= 0.3 is 6.18 Å². The summed E-state index contributed by atoms with van der Waals surface area (Å²) in [6.07, 6.45) is 4.61. The van der Waals surface area contributed by atoms with E-state index in [1.165, 1.54) is 55.2 Å². The first kappa shape index (κ1) is 24.1. The second-order valence-electron chi connectivity index (χ2n) is 7.12. The number of hydrogen-bond acceptors (Lipinski definition) is 9. The topological polar surface area (TPSA) is 145 Å². The highest BCUT2D eigenvalue weighted by atomic mass is 19.4. The van der Waals surface area contributed by atoms with Crippen LogP contribution in [0.1, 0.15) is 15.9 Å². The van der Waals surface area contributed by atoms with Gasteiger partial charge in [-0.25, -0.2) is 15.0 Å². The summed E-state index contributed by atoms with van der Waals surface area (Å²) in [6, 6.07) is 8.55. The van der Waals surface area contributed by atoms with Crippen molar-refractivity contribution in [2.24, 2.45) is 10.7 Å². The molecule has 0 aliphatic rings. The molecule has 4 aromatic heterocycles. The predicted octanol–water partition coefficient (Wildman–Crippen LogP) is 3.61. The number of carbonyl (C=O) groups excluding carboxylic acids is 1. The number of allylic oxidation sites excluding steroid dienone is 1. The first-order valence-corrected chi connectivity index (χ1v) is 10.2. The Morgan fingerprint density at radius 3 is 2.44 bits per heavy atom. The van der Waals surface area contributed by atoms with Crippen molar-refractivity contribution >= 4 is 29.0 Å². The maximum Gasteiger partial charge on any atom is 0.433 e. The summed E-state index contributed by atoms with van der Waals surface area (Å²) in [5.41, 5.74) is 6.00. The van der Waals surface area contributed by atoms with E-state index in [1.807, 2.05) is 0 Å². The van der Waals surface area contributed by atoms with Crippen LogP contribution in [0.15, 0.2) is 84.8 Å². The van der Waals surface area contributed by atoms with Gasteiger partial charge in [0.25, 0.3) is 5.91 Å². The standard InChI is InChI=1S/C23H16F3N9O/c24-23(25,26)19(9-17(27)15-2-1-6-28-10-15)32-20-3-4-21(35-34-20)33-22(36)14-5-7-31-18(8-14)16-11-29-13-30-12-16/h1-13H,27H2,(H,33,35,36). The fraction of sp³-hybridized carbons (Fsp3) is 0.0435. The van der Waals surface area contributed by atoms with Gasteiger partial charge in [-0.15, -0.1) is 10.2 Å². The van der Waals surface area contributed by atoms with Gasteiger partial charge in [-0.2, -0.15) is 13.2 Å². The van der Waals surface area contributed by atoms with Crippen LogP contribution >= 0.6 is 0 Å². The number of nitrogens with zero attached hydrogens (tertiary/aromatic N) is 7. The molecule has 1 amide bonds. The summed E-state index contributed by atoms with van der Waals surface area (Å²) in [5, 5.41) is 9.92. The highest BCUT2D eigenvalue weighted by Gasteiger charge is 2.34. The van der Waals surface area contributed by atoms with E-state index in [0.29, 0.717) is 22.9 Å². The Balaban J connectivity index is 1.51. The van der Waals surface area contributed by atoms with Crippen LogP contribution in [0.5, 0.6) is 0 Å². The molecule has 0 aromatic carbocycles. The molecule has 0 unspecified atom stereocenters. The lowest BCUT2D eigenvalue weighted by atomic mass is 10.1. The minimum Gasteiger partial charge on any atom is -0.398 e. The number of alkyl halides is 3. The largest absolute Gasteiger partial charge is 0.433 e. The van der Waals surface area contributed by atoms with Crippen molar-refractivity contribution in [1.82, 2.24) is 30.1 Å². The van der Waals surface area contributed by atoms with Gasteiger partial charge in [-0.05, 0) is 42.5 Å². The Morgan fingerprint density at radius 1 is 0.972 bits per heavy atom. The highest BCUT2D eigenvalue weighted by molar-refractivity contribution is 6.05. The molecule has 0 aliphatic carbocycles. The van der Waals surface area contributed by atoms with E-state index >= 15 is 0 Å². The van der Waals surface area contributed by atoms with Crippen molar-refractivity contribution < 1.29 is 18.0 Å². The summed E-state index contributed by atoms with van der Waals surface area (Å²) in [4.78, 5) is 32.0. The number of pyridine rings is 2.